The van der Waals surface area contributed by atoms with Crippen molar-refractivity contribution >= 4 is 50.9 Å². The first-order valence-electron chi connectivity index (χ1n) is 10.6. The SMILES string of the molecule is N#C/C(=C\c1ccc(OCc2ccc(F)cc2)c(I)c1)C(=O)Nc1sc2c(c1C#N)CCCC2. The predicted octanol–water partition coefficient (Wildman–Crippen LogP) is 6.37. The summed E-state index contributed by atoms with van der Waals surface area (Å²) >= 11 is 3.55. The van der Waals surface area contributed by atoms with Crippen molar-refractivity contribution in [2.45, 2.75) is 32.3 Å². The van der Waals surface area contributed by atoms with Gasteiger partial charge in [0, 0.05) is 4.88 Å². The second-order valence-electron chi connectivity index (χ2n) is 7.76. The molecule has 0 saturated heterocycles. The number of hydrogen-bond donors (Lipinski definition) is 1. The number of halogens is 2. The van der Waals surface area contributed by atoms with E-state index in [0.29, 0.717) is 28.5 Å². The molecule has 3 aromatic rings. The highest BCUT2D eigenvalue weighted by molar-refractivity contribution is 14.1. The van der Waals surface area contributed by atoms with Crippen LogP contribution in [-0.4, -0.2) is 5.91 Å². The van der Waals surface area contributed by atoms with Crippen molar-refractivity contribution in [3.8, 4) is 17.9 Å². The molecule has 1 aromatic heterocycles. The van der Waals surface area contributed by atoms with Crippen LogP contribution < -0.4 is 10.1 Å². The Bertz CT molecular complexity index is 1350. The van der Waals surface area contributed by atoms with Crippen LogP contribution in [0.25, 0.3) is 6.08 Å². The molecule has 1 N–H and O–H groups in total. The second kappa shape index (κ2) is 10.8. The molecule has 1 aliphatic carbocycles. The van der Waals surface area contributed by atoms with Gasteiger partial charge < -0.3 is 10.1 Å². The fourth-order valence-electron chi connectivity index (χ4n) is 3.72. The maximum Gasteiger partial charge on any atom is 0.266 e. The number of hydrogen-bond acceptors (Lipinski definition) is 5. The smallest absolute Gasteiger partial charge is 0.266 e. The summed E-state index contributed by atoms with van der Waals surface area (Å²) < 4.78 is 19.7. The number of carbonyl (C=O) groups is 1. The quantitative estimate of drug-likeness (QED) is 0.208. The number of fused-ring (bicyclic) bond motifs is 1. The Hall–Kier alpha value is -3.21. The van der Waals surface area contributed by atoms with Crippen LogP contribution in [0.2, 0.25) is 0 Å². The first-order valence-corrected chi connectivity index (χ1v) is 12.5. The normalized spacial score (nSPS) is 12.9. The molecule has 0 fully saturated rings. The maximum absolute atomic E-state index is 13.1. The third-order valence-corrected chi connectivity index (χ3v) is 7.50. The number of nitriles is 2. The Balaban J connectivity index is 1.48. The van der Waals surface area contributed by atoms with E-state index in [4.69, 9.17) is 4.74 Å². The first kappa shape index (κ1) is 23.9. The summed E-state index contributed by atoms with van der Waals surface area (Å²) in [5, 5.41) is 22.5. The lowest BCUT2D eigenvalue weighted by Crippen LogP contribution is -2.13. The van der Waals surface area contributed by atoms with Gasteiger partial charge in [0.2, 0.25) is 0 Å². The Kier molecular flexibility index (Phi) is 7.61. The standard InChI is InChI=1S/C26H19FIN3O2S/c27-19-8-5-16(6-9-19)15-33-23-10-7-17(12-22(23)28)11-18(13-29)25(32)31-26-21(14-30)20-3-1-2-4-24(20)34-26/h5-12H,1-4,15H2,(H,31,32)/b18-11+. The first-order chi connectivity index (χ1) is 16.5. The summed E-state index contributed by atoms with van der Waals surface area (Å²) in [6, 6.07) is 15.6. The molecular weight excluding hydrogens is 564 g/mol. The van der Waals surface area contributed by atoms with Crippen LogP contribution in [0.3, 0.4) is 0 Å². The van der Waals surface area contributed by atoms with Gasteiger partial charge in [0.05, 0.1) is 9.13 Å². The fraction of sp³-hybridized carbons (Fsp3) is 0.192. The summed E-state index contributed by atoms with van der Waals surface area (Å²) in [7, 11) is 0. The minimum atomic E-state index is -0.538. The zero-order valence-corrected chi connectivity index (χ0v) is 21.0. The molecule has 34 heavy (non-hydrogen) atoms. The molecular formula is C26H19FIN3O2S. The van der Waals surface area contributed by atoms with E-state index in [1.54, 1.807) is 24.3 Å². The molecule has 5 nitrogen and oxygen atoms in total. The lowest BCUT2D eigenvalue weighted by atomic mass is 9.96. The van der Waals surface area contributed by atoms with E-state index in [1.165, 1.54) is 29.5 Å². The summed E-state index contributed by atoms with van der Waals surface area (Å²) in [5.41, 5.74) is 3.02. The third kappa shape index (κ3) is 5.46. The number of nitrogens with one attached hydrogen (secondary N) is 1. The molecule has 0 saturated carbocycles. The average molecular weight is 583 g/mol. The van der Waals surface area contributed by atoms with Gasteiger partial charge in [-0.2, -0.15) is 10.5 Å². The zero-order valence-electron chi connectivity index (χ0n) is 18.0. The largest absolute Gasteiger partial charge is 0.488 e. The molecule has 0 bridgehead atoms. The zero-order chi connectivity index (χ0) is 24.1. The Morgan fingerprint density at radius 1 is 1.18 bits per heavy atom. The molecule has 4 rings (SSSR count). The number of anilines is 1. The van der Waals surface area contributed by atoms with Crippen LogP contribution in [0.4, 0.5) is 9.39 Å². The molecule has 0 radical (unpaired) electrons. The lowest BCUT2D eigenvalue weighted by molar-refractivity contribution is -0.112. The summed E-state index contributed by atoms with van der Waals surface area (Å²) in [5.74, 6) is -0.188. The molecule has 0 atom stereocenters. The molecule has 0 unspecified atom stereocenters. The third-order valence-electron chi connectivity index (χ3n) is 5.45. The van der Waals surface area contributed by atoms with E-state index in [0.717, 1.165) is 45.3 Å². The van der Waals surface area contributed by atoms with E-state index in [2.05, 4.69) is 34.0 Å². The van der Waals surface area contributed by atoms with Gasteiger partial charge in [-0.25, -0.2) is 4.39 Å². The van der Waals surface area contributed by atoms with Crippen LogP contribution in [0.1, 0.15) is 40.0 Å². The lowest BCUT2D eigenvalue weighted by Gasteiger charge is -2.09. The van der Waals surface area contributed by atoms with Crippen LogP contribution in [0, 0.1) is 32.0 Å². The highest BCUT2D eigenvalue weighted by Gasteiger charge is 2.22. The monoisotopic (exact) mass is 583 g/mol. The van der Waals surface area contributed by atoms with Gasteiger partial charge in [-0.3, -0.25) is 4.79 Å². The highest BCUT2D eigenvalue weighted by Crippen LogP contribution is 2.37. The van der Waals surface area contributed by atoms with Gasteiger partial charge in [0.1, 0.15) is 40.9 Å². The molecule has 170 valence electrons. The van der Waals surface area contributed by atoms with E-state index >= 15 is 0 Å². The number of benzene rings is 2. The molecule has 2 aromatic carbocycles. The minimum absolute atomic E-state index is 0.0500. The summed E-state index contributed by atoms with van der Waals surface area (Å²) in [6.45, 7) is 0.295. The van der Waals surface area contributed by atoms with Gasteiger partial charge >= 0.3 is 0 Å². The number of carbonyl (C=O) groups excluding carboxylic acids is 1. The maximum atomic E-state index is 13.1. The van der Waals surface area contributed by atoms with Gasteiger partial charge in [-0.15, -0.1) is 11.3 Å². The molecule has 8 heteroatoms. The number of amides is 1. The number of nitrogens with zero attached hydrogens (tertiary/aromatic N) is 2. The van der Waals surface area contributed by atoms with Crippen LogP contribution in [-0.2, 0) is 24.2 Å². The Labute approximate surface area is 214 Å². The van der Waals surface area contributed by atoms with Crippen LogP contribution in [0.15, 0.2) is 48.0 Å². The average Bonchev–Trinajstić information content (AvgIpc) is 3.19. The number of aryl methyl sites for hydroxylation is 1. The van der Waals surface area contributed by atoms with Gasteiger partial charge in [-0.1, -0.05) is 18.2 Å². The van der Waals surface area contributed by atoms with Crippen LogP contribution in [0.5, 0.6) is 5.75 Å². The van der Waals surface area contributed by atoms with Crippen molar-refractivity contribution in [1.82, 2.24) is 0 Å². The van der Waals surface area contributed by atoms with E-state index < -0.39 is 5.91 Å². The van der Waals surface area contributed by atoms with Crippen molar-refractivity contribution in [1.29, 1.82) is 10.5 Å². The van der Waals surface area contributed by atoms with Gasteiger partial charge in [0.25, 0.3) is 5.91 Å². The molecule has 1 heterocycles. The van der Waals surface area contributed by atoms with Crippen LogP contribution >= 0.6 is 33.9 Å². The van der Waals surface area contributed by atoms with Crippen molar-refractivity contribution in [2.24, 2.45) is 0 Å². The van der Waals surface area contributed by atoms with Crippen molar-refractivity contribution in [3.05, 3.63) is 84.6 Å². The molecule has 0 aliphatic heterocycles. The topological polar surface area (TPSA) is 85.9 Å². The molecule has 1 aliphatic rings. The van der Waals surface area contributed by atoms with Gasteiger partial charge in [-0.05, 0) is 95.3 Å². The number of thiophene rings is 1. The van der Waals surface area contributed by atoms with E-state index in [9.17, 15) is 19.7 Å². The predicted molar refractivity (Wildman–Crippen MR) is 138 cm³/mol. The highest BCUT2D eigenvalue weighted by atomic mass is 127. The van der Waals surface area contributed by atoms with E-state index in [1.807, 2.05) is 12.1 Å². The summed E-state index contributed by atoms with van der Waals surface area (Å²) in [4.78, 5) is 14.0. The molecule has 1 amide bonds. The van der Waals surface area contributed by atoms with Crippen molar-refractivity contribution in [3.63, 3.8) is 0 Å². The number of rotatable bonds is 6. The van der Waals surface area contributed by atoms with E-state index in [-0.39, 0.29) is 11.4 Å². The van der Waals surface area contributed by atoms with Crippen molar-refractivity contribution < 1.29 is 13.9 Å². The fourth-order valence-corrected chi connectivity index (χ4v) is 5.65. The summed E-state index contributed by atoms with van der Waals surface area (Å²) in [6.07, 6.45) is 5.40. The van der Waals surface area contributed by atoms with Crippen molar-refractivity contribution in [2.75, 3.05) is 5.32 Å². The molecule has 0 spiro atoms. The Morgan fingerprint density at radius 2 is 1.94 bits per heavy atom. The minimum Gasteiger partial charge on any atom is -0.488 e. The second-order valence-corrected chi connectivity index (χ2v) is 10.0. The number of ether oxygens (including phenoxy) is 1. The Morgan fingerprint density at radius 3 is 2.65 bits per heavy atom. The van der Waals surface area contributed by atoms with Gasteiger partial charge in [0.15, 0.2) is 0 Å².